The Morgan fingerprint density at radius 2 is 1.05 bits per heavy atom. The summed E-state index contributed by atoms with van der Waals surface area (Å²) in [7, 11) is 10.5. The molecular formula is C15H31N3Zr. The average Bonchev–Trinajstić information content (AvgIpc) is 2.49. The first-order chi connectivity index (χ1) is 8.37. The number of aryl methyl sites for hydroxylation is 2. The third kappa shape index (κ3) is 18.1. The van der Waals surface area contributed by atoms with Crippen molar-refractivity contribution in [2.24, 2.45) is 0 Å². The van der Waals surface area contributed by atoms with E-state index in [1.54, 1.807) is 42.3 Å². The Balaban J connectivity index is -0.0000000956. The zero-order valence-corrected chi connectivity index (χ0v) is 16.9. The van der Waals surface area contributed by atoms with Crippen LogP contribution >= 0.6 is 0 Å². The maximum atomic E-state index is 3.50. The molecule has 0 unspecified atom stereocenters. The second-order valence-electron chi connectivity index (χ2n) is 4.10. The number of hydrogen-bond donors (Lipinski definition) is 0. The summed E-state index contributed by atoms with van der Waals surface area (Å²) in [5.74, 6) is 0. The molecule has 19 heavy (non-hydrogen) atoms. The van der Waals surface area contributed by atoms with E-state index in [9.17, 15) is 0 Å². The quantitative estimate of drug-likeness (QED) is 0.622. The molecule has 0 atom stereocenters. The second-order valence-corrected chi connectivity index (χ2v) is 4.10. The van der Waals surface area contributed by atoms with Gasteiger partial charge in [-0.2, -0.15) is 70.6 Å². The van der Waals surface area contributed by atoms with Crippen LogP contribution in [0.4, 0.5) is 0 Å². The van der Waals surface area contributed by atoms with E-state index >= 15 is 0 Å². The summed E-state index contributed by atoms with van der Waals surface area (Å²) in [4.78, 5) is 0. The van der Waals surface area contributed by atoms with Crippen LogP contribution in [0.1, 0.15) is 22.3 Å². The summed E-state index contributed by atoms with van der Waals surface area (Å²) in [6, 6.07) is 2.24. The molecule has 0 aliphatic heterocycles. The van der Waals surface area contributed by atoms with E-state index in [-0.39, 0.29) is 26.2 Å². The van der Waals surface area contributed by atoms with Gasteiger partial charge in [-0.05, 0) is 0 Å². The SMILES string of the molecule is C[N-]C.C[N-]C.C[N-]C.Cc1c[c-](C)c(C)c1C.[Zr+4]. The number of hydrogen-bond acceptors (Lipinski definition) is 0. The molecule has 110 valence electrons. The average molecular weight is 345 g/mol. The van der Waals surface area contributed by atoms with Crippen molar-refractivity contribution < 1.29 is 26.2 Å². The third-order valence-corrected chi connectivity index (χ3v) is 2.18. The van der Waals surface area contributed by atoms with Crippen molar-refractivity contribution in [3.05, 3.63) is 44.3 Å². The minimum Gasteiger partial charge on any atom is -0.668 e. The second kappa shape index (κ2) is 20.4. The Labute approximate surface area is 140 Å². The fourth-order valence-electron chi connectivity index (χ4n) is 1.13. The molecule has 0 aliphatic carbocycles. The fourth-order valence-corrected chi connectivity index (χ4v) is 1.13. The molecule has 0 heterocycles. The van der Waals surface area contributed by atoms with Gasteiger partial charge in [0.15, 0.2) is 0 Å². The minimum absolute atomic E-state index is 0. The molecule has 0 fully saturated rings. The Morgan fingerprint density at radius 1 is 0.789 bits per heavy atom. The predicted molar refractivity (Wildman–Crippen MR) is 86.6 cm³/mol. The van der Waals surface area contributed by atoms with Gasteiger partial charge >= 0.3 is 26.2 Å². The summed E-state index contributed by atoms with van der Waals surface area (Å²) in [6.07, 6.45) is 0. The van der Waals surface area contributed by atoms with Crippen LogP contribution in [0.25, 0.3) is 16.0 Å². The van der Waals surface area contributed by atoms with Gasteiger partial charge in [-0.15, -0.1) is 0 Å². The number of rotatable bonds is 0. The van der Waals surface area contributed by atoms with Gasteiger partial charge < -0.3 is 16.0 Å². The van der Waals surface area contributed by atoms with E-state index < -0.39 is 0 Å². The van der Waals surface area contributed by atoms with Crippen molar-refractivity contribution in [2.75, 3.05) is 42.3 Å². The minimum atomic E-state index is 0. The molecule has 0 aromatic heterocycles. The molecule has 1 rings (SSSR count). The van der Waals surface area contributed by atoms with E-state index in [2.05, 4.69) is 49.7 Å². The smallest absolute Gasteiger partial charge is 0.668 e. The maximum Gasteiger partial charge on any atom is 4.00 e. The topological polar surface area (TPSA) is 42.3 Å². The molecule has 1 aromatic rings. The van der Waals surface area contributed by atoms with Crippen molar-refractivity contribution in [1.82, 2.24) is 0 Å². The molecule has 0 saturated heterocycles. The van der Waals surface area contributed by atoms with E-state index in [4.69, 9.17) is 0 Å². The van der Waals surface area contributed by atoms with Crippen molar-refractivity contribution in [1.29, 1.82) is 0 Å². The third-order valence-electron chi connectivity index (χ3n) is 2.18. The Morgan fingerprint density at radius 3 is 1.11 bits per heavy atom. The first-order valence-electron chi connectivity index (χ1n) is 6.01. The molecule has 0 bridgehead atoms. The van der Waals surface area contributed by atoms with Crippen LogP contribution in [0.2, 0.25) is 0 Å². The molecular weight excluding hydrogens is 313 g/mol. The summed E-state index contributed by atoms with van der Waals surface area (Å²) >= 11 is 0. The van der Waals surface area contributed by atoms with Crippen LogP contribution in [0.5, 0.6) is 0 Å². The molecule has 3 nitrogen and oxygen atoms in total. The molecule has 4 heteroatoms. The first kappa shape index (κ1) is 27.5. The zero-order valence-electron chi connectivity index (χ0n) is 14.4. The predicted octanol–water partition coefficient (Wildman–Crippen LogP) is 4.50. The molecule has 0 spiro atoms. The van der Waals surface area contributed by atoms with E-state index in [1.165, 1.54) is 22.3 Å². The van der Waals surface area contributed by atoms with Crippen LogP contribution in [0.15, 0.2) is 6.07 Å². The van der Waals surface area contributed by atoms with Gasteiger partial charge in [-0.3, -0.25) is 0 Å². The van der Waals surface area contributed by atoms with Crippen molar-refractivity contribution in [2.45, 2.75) is 27.7 Å². The van der Waals surface area contributed by atoms with Gasteiger partial charge in [0, 0.05) is 0 Å². The van der Waals surface area contributed by atoms with Crippen LogP contribution in [0, 0.1) is 27.7 Å². The normalized spacial score (nSPS) is 7.68. The molecule has 0 aliphatic rings. The standard InChI is InChI=1S/C9H13.3C2H6N.Zr/c1-6-5-7(2)9(4)8(6)3;3*1-3-2;/h5H,1-4H3;3*1-2H3;/q4*-1;+4. The van der Waals surface area contributed by atoms with Crippen molar-refractivity contribution in [3.63, 3.8) is 0 Å². The molecule has 0 N–H and O–H groups in total. The Kier molecular flexibility index (Phi) is 29.5. The number of nitrogens with zero attached hydrogens (tertiary/aromatic N) is 3. The van der Waals surface area contributed by atoms with Crippen molar-refractivity contribution in [3.8, 4) is 0 Å². The summed E-state index contributed by atoms with van der Waals surface area (Å²) in [6.45, 7) is 8.68. The Hall–Kier alpha value is 0.113. The molecule has 0 saturated carbocycles. The fraction of sp³-hybridized carbons (Fsp3) is 0.667. The van der Waals surface area contributed by atoms with E-state index in [1.807, 2.05) is 0 Å². The van der Waals surface area contributed by atoms with Crippen LogP contribution in [-0.2, 0) is 26.2 Å². The first-order valence-corrected chi connectivity index (χ1v) is 6.01. The van der Waals surface area contributed by atoms with Crippen LogP contribution in [-0.4, -0.2) is 42.3 Å². The van der Waals surface area contributed by atoms with Gasteiger partial charge in [-0.25, -0.2) is 0 Å². The van der Waals surface area contributed by atoms with Crippen LogP contribution < -0.4 is 0 Å². The summed E-state index contributed by atoms with van der Waals surface area (Å²) in [5, 5.41) is 10.5. The van der Waals surface area contributed by atoms with Gasteiger partial charge in [0.1, 0.15) is 0 Å². The molecule has 0 amide bonds. The van der Waals surface area contributed by atoms with Gasteiger partial charge in [0.25, 0.3) is 0 Å². The molecule has 1 aromatic carbocycles. The largest absolute Gasteiger partial charge is 4.00 e. The van der Waals surface area contributed by atoms with E-state index in [0.717, 1.165) is 0 Å². The monoisotopic (exact) mass is 343 g/mol. The van der Waals surface area contributed by atoms with Gasteiger partial charge in [0.05, 0.1) is 0 Å². The summed E-state index contributed by atoms with van der Waals surface area (Å²) < 4.78 is 0. The van der Waals surface area contributed by atoms with Crippen LogP contribution in [0.3, 0.4) is 0 Å². The van der Waals surface area contributed by atoms with Gasteiger partial charge in [0.2, 0.25) is 0 Å². The summed E-state index contributed by atoms with van der Waals surface area (Å²) in [5.41, 5.74) is 5.75. The molecule has 0 radical (unpaired) electrons. The Bertz CT molecular complexity index is 243. The van der Waals surface area contributed by atoms with Crippen molar-refractivity contribution >= 4 is 0 Å². The maximum absolute atomic E-state index is 3.50. The zero-order chi connectivity index (χ0) is 15.1. The van der Waals surface area contributed by atoms with Gasteiger partial charge in [-0.1, -0.05) is 27.7 Å². The van der Waals surface area contributed by atoms with E-state index in [0.29, 0.717) is 0 Å².